The molecule has 2 saturated carbocycles. The number of nitrogens with zero attached hydrogens (tertiary/aromatic N) is 2. The van der Waals surface area contributed by atoms with E-state index >= 15 is 0 Å². The highest BCUT2D eigenvalue weighted by Gasteiger charge is 2.75. The zero-order chi connectivity index (χ0) is 11.1. The molecule has 0 bridgehead atoms. The van der Waals surface area contributed by atoms with Crippen molar-refractivity contribution < 1.29 is 14.3 Å². The molecule has 15 heavy (non-hydrogen) atoms. The highest BCUT2D eigenvalue weighted by Crippen LogP contribution is 2.69. The van der Waals surface area contributed by atoms with Gasteiger partial charge in [0, 0.05) is 7.11 Å². The van der Waals surface area contributed by atoms with Gasteiger partial charge < -0.3 is 10.3 Å². The molecule has 0 aromatic rings. The van der Waals surface area contributed by atoms with E-state index in [-0.39, 0.29) is 17.8 Å². The number of rotatable bonds is 4. The number of carbonyl (C=O) groups excluding carboxylic acids is 1. The SMILES string of the molecule is C=C[C@H]1[C@@H]2CC[C@H](OC)[C@]12C(=O)C=[N+]=[N-]. The Balaban J connectivity index is 2.33. The molecule has 0 aromatic carbocycles. The molecule has 4 nitrogen and oxygen atoms in total. The second-order valence-corrected chi connectivity index (χ2v) is 4.21. The second-order valence-electron chi connectivity index (χ2n) is 4.21. The largest absolute Gasteiger partial charge is 0.380 e. The number of allylic oxidation sites excluding steroid dienone is 1. The fraction of sp³-hybridized carbons (Fsp3) is 0.636. The van der Waals surface area contributed by atoms with Gasteiger partial charge in [-0.15, -0.1) is 6.58 Å². The molecule has 0 amide bonds. The minimum absolute atomic E-state index is 0.0593. The summed E-state index contributed by atoms with van der Waals surface area (Å²) in [5.74, 6) is 0.372. The third-order valence-electron chi connectivity index (χ3n) is 3.90. The predicted molar refractivity (Wildman–Crippen MR) is 54.3 cm³/mol. The van der Waals surface area contributed by atoms with E-state index in [1.54, 1.807) is 7.11 Å². The Bertz CT molecular complexity index is 360. The standard InChI is InChI=1S/C11H14N2O2/c1-3-7-8-4-5-10(15-2)11(7,8)9(14)6-13-12/h3,6-8,10H,1,4-5H2,2H3/t7-,8-,10-,11+/m0/s1. The van der Waals surface area contributed by atoms with Crippen LogP contribution >= 0.6 is 0 Å². The van der Waals surface area contributed by atoms with Gasteiger partial charge in [0.15, 0.2) is 0 Å². The van der Waals surface area contributed by atoms with E-state index in [1.165, 1.54) is 0 Å². The van der Waals surface area contributed by atoms with Gasteiger partial charge in [-0.05, 0) is 24.7 Å². The highest BCUT2D eigenvalue weighted by molar-refractivity contribution is 6.29. The van der Waals surface area contributed by atoms with Gasteiger partial charge in [0.05, 0.1) is 11.5 Å². The highest BCUT2D eigenvalue weighted by atomic mass is 16.5. The molecule has 4 heteroatoms. The maximum Gasteiger partial charge on any atom is 0.323 e. The lowest BCUT2D eigenvalue weighted by Crippen LogP contribution is -2.32. The molecule has 2 aliphatic rings. The van der Waals surface area contributed by atoms with E-state index in [0.29, 0.717) is 5.92 Å². The van der Waals surface area contributed by atoms with E-state index in [9.17, 15) is 4.79 Å². The average molecular weight is 206 g/mol. The van der Waals surface area contributed by atoms with E-state index in [0.717, 1.165) is 19.1 Å². The summed E-state index contributed by atoms with van der Waals surface area (Å²) in [5.41, 5.74) is 7.95. The third kappa shape index (κ3) is 1.09. The van der Waals surface area contributed by atoms with Gasteiger partial charge in [0.2, 0.25) is 5.78 Å². The summed E-state index contributed by atoms with van der Waals surface area (Å²) in [5, 5.41) is 0. The molecular weight excluding hydrogens is 192 g/mol. The van der Waals surface area contributed by atoms with Crippen molar-refractivity contribution >= 4 is 12.0 Å². The molecule has 0 aliphatic heterocycles. The number of hydrogen-bond donors (Lipinski definition) is 0. The van der Waals surface area contributed by atoms with Crippen LogP contribution in [0.4, 0.5) is 0 Å². The molecule has 80 valence electrons. The average Bonchev–Trinajstić information content (AvgIpc) is 2.74. The van der Waals surface area contributed by atoms with Gasteiger partial charge in [-0.1, -0.05) is 6.08 Å². The molecule has 0 spiro atoms. The van der Waals surface area contributed by atoms with Crippen LogP contribution in [-0.2, 0) is 9.53 Å². The second kappa shape index (κ2) is 3.40. The first-order chi connectivity index (χ1) is 7.23. The quantitative estimate of drug-likeness (QED) is 0.299. The summed E-state index contributed by atoms with van der Waals surface area (Å²) < 4.78 is 5.36. The van der Waals surface area contributed by atoms with Crippen LogP contribution in [0.2, 0.25) is 0 Å². The molecule has 2 rings (SSSR count). The van der Waals surface area contributed by atoms with Crippen molar-refractivity contribution in [1.29, 1.82) is 0 Å². The topological polar surface area (TPSA) is 62.7 Å². The first kappa shape index (κ1) is 10.3. The normalized spacial score (nSPS) is 41.5. The van der Waals surface area contributed by atoms with Crippen LogP contribution in [0, 0.1) is 17.3 Å². The molecule has 2 aliphatic carbocycles. The predicted octanol–water partition coefficient (Wildman–Crippen LogP) is 1.08. The zero-order valence-corrected chi connectivity index (χ0v) is 8.72. The lowest BCUT2D eigenvalue weighted by atomic mass is 9.92. The van der Waals surface area contributed by atoms with Crippen molar-refractivity contribution in [3.05, 3.63) is 18.2 Å². The molecule has 4 atom stereocenters. The lowest BCUT2D eigenvalue weighted by molar-refractivity contribution is -0.125. The molecule has 0 saturated heterocycles. The Morgan fingerprint density at radius 1 is 1.67 bits per heavy atom. The minimum Gasteiger partial charge on any atom is -0.380 e. The van der Waals surface area contributed by atoms with Gasteiger partial charge >= 0.3 is 6.21 Å². The first-order valence-electron chi connectivity index (χ1n) is 5.10. The molecular formula is C11H14N2O2. The zero-order valence-electron chi connectivity index (χ0n) is 8.72. The molecule has 0 radical (unpaired) electrons. The summed E-state index contributed by atoms with van der Waals surface area (Å²) in [7, 11) is 1.62. The van der Waals surface area contributed by atoms with Crippen LogP contribution in [0.3, 0.4) is 0 Å². The summed E-state index contributed by atoms with van der Waals surface area (Å²) in [6, 6.07) is 0. The number of ether oxygens (including phenoxy) is 1. The van der Waals surface area contributed by atoms with Crippen LogP contribution in [-0.4, -0.2) is 30.0 Å². The van der Waals surface area contributed by atoms with E-state index in [2.05, 4.69) is 11.4 Å². The van der Waals surface area contributed by atoms with Gasteiger partial charge in [0.1, 0.15) is 0 Å². The fourth-order valence-electron chi connectivity index (χ4n) is 3.30. The van der Waals surface area contributed by atoms with Crippen molar-refractivity contribution in [1.82, 2.24) is 0 Å². The van der Waals surface area contributed by atoms with E-state index < -0.39 is 5.41 Å². The first-order valence-corrected chi connectivity index (χ1v) is 5.10. The maximum atomic E-state index is 11.9. The Labute approximate surface area is 88.5 Å². The summed E-state index contributed by atoms with van der Waals surface area (Å²) in [4.78, 5) is 14.7. The summed E-state index contributed by atoms with van der Waals surface area (Å²) in [6.07, 6.45) is 4.64. The van der Waals surface area contributed by atoms with Crippen LogP contribution in [0.25, 0.3) is 5.53 Å². The maximum absolute atomic E-state index is 11.9. The molecule has 0 N–H and O–H groups in total. The van der Waals surface area contributed by atoms with Crippen molar-refractivity contribution in [3.63, 3.8) is 0 Å². The van der Waals surface area contributed by atoms with Crippen molar-refractivity contribution in [3.8, 4) is 0 Å². The number of carbonyl (C=O) groups is 1. The van der Waals surface area contributed by atoms with E-state index in [4.69, 9.17) is 10.3 Å². The summed E-state index contributed by atoms with van der Waals surface area (Å²) >= 11 is 0. The Kier molecular flexibility index (Phi) is 2.33. The number of ketones is 1. The van der Waals surface area contributed by atoms with Gasteiger partial charge in [0.25, 0.3) is 0 Å². The number of hydrogen-bond acceptors (Lipinski definition) is 2. The van der Waals surface area contributed by atoms with Crippen molar-refractivity contribution in [2.45, 2.75) is 18.9 Å². The van der Waals surface area contributed by atoms with Gasteiger partial charge in [-0.2, -0.15) is 4.79 Å². The third-order valence-corrected chi connectivity index (χ3v) is 3.90. The van der Waals surface area contributed by atoms with E-state index in [1.807, 2.05) is 6.08 Å². The molecule has 0 heterocycles. The Morgan fingerprint density at radius 2 is 2.40 bits per heavy atom. The lowest BCUT2D eigenvalue weighted by Gasteiger charge is -2.19. The number of fused-ring (bicyclic) bond motifs is 1. The monoisotopic (exact) mass is 206 g/mol. The smallest absolute Gasteiger partial charge is 0.323 e. The molecule has 0 unspecified atom stereocenters. The molecule has 2 fully saturated rings. The molecule has 0 aromatic heterocycles. The van der Waals surface area contributed by atoms with Crippen LogP contribution < -0.4 is 0 Å². The number of methoxy groups -OCH3 is 1. The van der Waals surface area contributed by atoms with Crippen LogP contribution in [0.5, 0.6) is 0 Å². The van der Waals surface area contributed by atoms with Crippen LogP contribution in [0.15, 0.2) is 12.7 Å². The van der Waals surface area contributed by atoms with Crippen LogP contribution in [0.1, 0.15) is 12.8 Å². The minimum atomic E-state index is -0.483. The fourth-order valence-corrected chi connectivity index (χ4v) is 3.30. The number of Topliss-reactive ketones (excluding diaryl/α,β-unsaturated/α-hetero) is 1. The Morgan fingerprint density at radius 3 is 2.87 bits per heavy atom. The van der Waals surface area contributed by atoms with Gasteiger partial charge in [-0.25, -0.2) is 0 Å². The Hall–Kier alpha value is -1.25. The van der Waals surface area contributed by atoms with Gasteiger partial charge in [-0.3, -0.25) is 4.79 Å². The van der Waals surface area contributed by atoms with Crippen molar-refractivity contribution in [2.75, 3.05) is 7.11 Å². The summed E-state index contributed by atoms with van der Waals surface area (Å²) in [6.45, 7) is 3.75. The van der Waals surface area contributed by atoms with Crippen molar-refractivity contribution in [2.24, 2.45) is 17.3 Å².